The van der Waals surface area contributed by atoms with Crippen LogP contribution < -0.4 is 0 Å². The summed E-state index contributed by atoms with van der Waals surface area (Å²) in [7, 11) is 0. The van der Waals surface area contributed by atoms with E-state index in [1.165, 1.54) is 0 Å². The molecular weight excluding hydrogens is 214 g/mol. The number of rotatable bonds is 2. The van der Waals surface area contributed by atoms with Gasteiger partial charge in [-0.25, -0.2) is 0 Å². The van der Waals surface area contributed by atoms with Crippen LogP contribution in [0.5, 0.6) is 0 Å². The first-order valence-corrected chi connectivity index (χ1v) is 5.63. The second-order valence-electron chi connectivity index (χ2n) is 4.58. The van der Waals surface area contributed by atoms with Crippen molar-refractivity contribution in [2.24, 2.45) is 0 Å². The van der Waals surface area contributed by atoms with Crippen LogP contribution in [0, 0.1) is 0 Å². The Kier molecular flexibility index (Phi) is 4.03. The molecule has 1 rings (SSSR count). The Morgan fingerprint density at radius 3 is 2.80 bits per heavy atom. The molecule has 1 fully saturated rings. The van der Waals surface area contributed by atoms with Crippen LogP contribution in [-0.4, -0.2) is 52.6 Å². The fourth-order valence-corrected chi connectivity index (χ4v) is 1.99. The standard InChI is InChI=1S/C10H19NO3S/c1-7(15)9(13)11-4-8(5-12)14-10(2,3)6-11/h7-8,12,15H,4-6H2,1-3H3. The Balaban J connectivity index is 2.70. The highest BCUT2D eigenvalue weighted by molar-refractivity contribution is 7.81. The second-order valence-corrected chi connectivity index (χ2v) is 5.35. The predicted octanol–water partition coefficient (Wildman–Crippen LogP) is 0.303. The summed E-state index contributed by atoms with van der Waals surface area (Å²) in [6, 6.07) is 0. The van der Waals surface area contributed by atoms with Crippen molar-refractivity contribution in [3.63, 3.8) is 0 Å². The molecule has 0 aromatic carbocycles. The molecule has 0 saturated carbocycles. The maximum atomic E-state index is 11.8. The van der Waals surface area contributed by atoms with Gasteiger partial charge in [-0.3, -0.25) is 4.79 Å². The minimum atomic E-state index is -0.399. The molecule has 0 radical (unpaired) electrons. The van der Waals surface area contributed by atoms with Gasteiger partial charge in [-0.1, -0.05) is 0 Å². The van der Waals surface area contributed by atoms with Crippen LogP contribution in [0.1, 0.15) is 20.8 Å². The maximum absolute atomic E-state index is 11.8. The topological polar surface area (TPSA) is 49.8 Å². The molecule has 0 spiro atoms. The lowest BCUT2D eigenvalue weighted by Crippen LogP contribution is -2.56. The number of morpholine rings is 1. The van der Waals surface area contributed by atoms with Crippen molar-refractivity contribution in [1.82, 2.24) is 4.90 Å². The number of carbonyl (C=O) groups excluding carboxylic acids is 1. The van der Waals surface area contributed by atoms with Crippen molar-refractivity contribution in [3.05, 3.63) is 0 Å². The largest absolute Gasteiger partial charge is 0.394 e. The lowest BCUT2D eigenvalue weighted by molar-refractivity contribution is -0.166. The summed E-state index contributed by atoms with van der Waals surface area (Å²) in [6.45, 7) is 6.52. The van der Waals surface area contributed by atoms with E-state index in [9.17, 15) is 4.79 Å². The van der Waals surface area contributed by atoms with Crippen molar-refractivity contribution < 1.29 is 14.6 Å². The number of carbonyl (C=O) groups is 1. The molecule has 0 aromatic rings. The minimum Gasteiger partial charge on any atom is -0.394 e. The highest BCUT2D eigenvalue weighted by Crippen LogP contribution is 2.21. The van der Waals surface area contributed by atoms with Crippen LogP contribution in [0.15, 0.2) is 0 Å². The fraction of sp³-hybridized carbons (Fsp3) is 0.900. The van der Waals surface area contributed by atoms with Crippen molar-refractivity contribution in [3.8, 4) is 0 Å². The van der Waals surface area contributed by atoms with E-state index in [2.05, 4.69) is 12.6 Å². The normalized spacial score (nSPS) is 27.5. The van der Waals surface area contributed by atoms with Crippen LogP contribution in [0.3, 0.4) is 0 Å². The molecule has 1 amide bonds. The number of ether oxygens (including phenoxy) is 1. The first-order valence-electron chi connectivity index (χ1n) is 5.11. The van der Waals surface area contributed by atoms with Crippen molar-refractivity contribution in [2.45, 2.75) is 37.7 Å². The molecular formula is C10H19NO3S. The zero-order valence-corrected chi connectivity index (χ0v) is 10.3. The molecule has 1 aliphatic heterocycles. The van der Waals surface area contributed by atoms with Crippen LogP contribution in [-0.2, 0) is 9.53 Å². The molecule has 88 valence electrons. The van der Waals surface area contributed by atoms with Gasteiger partial charge in [0.25, 0.3) is 0 Å². The average Bonchev–Trinajstić information content (AvgIpc) is 2.13. The fourth-order valence-electron chi connectivity index (χ4n) is 1.82. The Morgan fingerprint density at radius 1 is 1.73 bits per heavy atom. The number of hydrogen-bond donors (Lipinski definition) is 2. The van der Waals surface area contributed by atoms with Crippen LogP contribution in [0.4, 0.5) is 0 Å². The van der Waals surface area contributed by atoms with E-state index in [0.717, 1.165) is 0 Å². The molecule has 0 aromatic heterocycles. The number of thiol groups is 1. The van der Waals surface area contributed by atoms with Crippen molar-refractivity contribution >= 4 is 18.5 Å². The predicted molar refractivity (Wildman–Crippen MR) is 61.1 cm³/mol. The van der Waals surface area contributed by atoms with E-state index in [4.69, 9.17) is 9.84 Å². The number of aliphatic hydroxyl groups is 1. The molecule has 1 saturated heterocycles. The van der Waals surface area contributed by atoms with Gasteiger partial charge in [0.2, 0.25) is 5.91 Å². The summed E-state index contributed by atoms with van der Waals surface area (Å²) in [5.74, 6) is -0.00633. The number of aliphatic hydroxyl groups excluding tert-OH is 1. The summed E-state index contributed by atoms with van der Waals surface area (Å²) >= 11 is 4.12. The molecule has 2 unspecified atom stereocenters. The van der Waals surface area contributed by atoms with Crippen molar-refractivity contribution in [2.75, 3.05) is 19.7 Å². The summed E-state index contributed by atoms with van der Waals surface area (Å²) < 4.78 is 5.61. The Hall–Kier alpha value is -0.260. The monoisotopic (exact) mass is 233 g/mol. The first kappa shape index (κ1) is 12.8. The van der Waals surface area contributed by atoms with E-state index < -0.39 is 5.60 Å². The zero-order chi connectivity index (χ0) is 11.6. The van der Waals surface area contributed by atoms with Gasteiger partial charge in [0.15, 0.2) is 0 Å². The molecule has 1 heterocycles. The summed E-state index contributed by atoms with van der Waals surface area (Å²) in [6.07, 6.45) is -0.287. The Bertz CT molecular complexity index is 243. The maximum Gasteiger partial charge on any atom is 0.235 e. The quantitative estimate of drug-likeness (QED) is 0.675. The van der Waals surface area contributed by atoms with Gasteiger partial charge in [-0.15, -0.1) is 0 Å². The van der Waals surface area contributed by atoms with E-state index in [-0.39, 0.29) is 23.9 Å². The summed E-state index contributed by atoms with van der Waals surface area (Å²) in [5, 5.41) is 8.77. The third kappa shape index (κ3) is 3.36. The van der Waals surface area contributed by atoms with Gasteiger partial charge in [0.1, 0.15) is 0 Å². The minimum absolute atomic E-state index is 0.00633. The van der Waals surface area contributed by atoms with Gasteiger partial charge in [-0.2, -0.15) is 12.6 Å². The number of amides is 1. The molecule has 0 bridgehead atoms. The zero-order valence-electron chi connectivity index (χ0n) is 9.43. The van der Waals surface area contributed by atoms with Crippen LogP contribution >= 0.6 is 12.6 Å². The number of nitrogens with zero attached hydrogens (tertiary/aromatic N) is 1. The highest BCUT2D eigenvalue weighted by Gasteiger charge is 2.35. The van der Waals surface area contributed by atoms with E-state index in [1.807, 2.05) is 13.8 Å². The van der Waals surface area contributed by atoms with E-state index >= 15 is 0 Å². The molecule has 5 heteroatoms. The average molecular weight is 233 g/mol. The van der Waals surface area contributed by atoms with Crippen LogP contribution in [0.2, 0.25) is 0 Å². The van der Waals surface area contributed by atoms with Gasteiger partial charge >= 0.3 is 0 Å². The summed E-state index contributed by atoms with van der Waals surface area (Å²) in [4.78, 5) is 13.5. The lowest BCUT2D eigenvalue weighted by atomic mass is 10.0. The smallest absolute Gasteiger partial charge is 0.235 e. The first-order chi connectivity index (χ1) is 6.85. The molecule has 1 N–H and O–H groups in total. The Morgan fingerprint density at radius 2 is 2.33 bits per heavy atom. The summed E-state index contributed by atoms with van der Waals surface area (Å²) in [5.41, 5.74) is -0.399. The molecule has 15 heavy (non-hydrogen) atoms. The van der Waals surface area contributed by atoms with Crippen LogP contribution in [0.25, 0.3) is 0 Å². The third-order valence-corrected chi connectivity index (χ3v) is 2.57. The van der Waals surface area contributed by atoms with Gasteiger partial charge in [0, 0.05) is 13.1 Å². The van der Waals surface area contributed by atoms with Gasteiger partial charge in [0.05, 0.1) is 23.6 Å². The molecule has 2 atom stereocenters. The van der Waals surface area contributed by atoms with Gasteiger partial charge in [-0.05, 0) is 20.8 Å². The highest BCUT2D eigenvalue weighted by atomic mass is 32.1. The SMILES string of the molecule is CC(S)C(=O)N1CC(CO)OC(C)(C)C1. The van der Waals surface area contributed by atoms with Crippen molar-refractivity contribution in [1.29, 1.82) is 0 Å². The molecule has 0 aliphatic carbocycles. The van der Waals surface area contributed by atoms with E-state index in [0.29, 0.717) is 13.1 Å². The lowest BCUT2D eigenvalue weighted by Gasteiger charge is -2.42. The van der Waals surface area contributed by atoms with Gasteiger partial charge < -0.3 is 14.7 Å². The third-order valence-electron chi connectivity index (χ3n) is 2.35. The molecule has 4 nitrogen and oxygen atoms in total. The van der Waals surface area contributed by atoms with E-state index in [1.54, 1.807) is 11.8 Å². The number of hydrogen-bond acceptors (Lipinski definition) is 4. The second kappa shape index (κ2) is 4.72. The Labute approximate surface area is 96.0 Å². The molecule has 1 aliphatic rings.